The Balaban J connectivity index is 1.35. The number of carbonyl (C=O) groups is 6. The summed E-state index contributed by atoms with van der Waals surface area (Å²) in [6, 6.07) is 0. The van der Waals surface area contributed by atoms with Crippen LogP contribution in [0.1, 0.15) is 64.2 Å². The summed E-state index contributed by atoms with van der Waals surface area (Å²) in [6.07, 6.45) is 10.8. The Bertz CT molecular complexity index is 729. The largest absolute Gasteiger partial charge is 0.466 e. The highest BCUT2D eigenvalue weighted by molar-refractivity contribution is 6.13. The number of hydrogen-bond donors (Lipinski definition) is 0. The topological polar surface area (TPSA) is 127 Å². The maximum absolute atomic E-state index is 11.7. The lowest BCUT2D eigenvalue weighted by molar-refractivity contribution is -0.146. The standard InChI is InChI=1S/C24H32N2O8/c27-19-11-12-20(28)25(19)15-5-1-3-9-23(31)33-17-7-8-18-34-24(32)10-4-2-6-16-26-21(29)13-14-22(26)30/h11-14H,1-10,15-18H2. The zero-order valence-electron chi connectivity index (χ0n) is 19.4. The van der Waals surface area contributed by atoms with Crippen LogP contribution in [0.15, 0.2) is 24.3 Å². The molecule has 0 spiro atoms. The molecule has 0 saturated carbocycles. The van der Waals surface area contributed by atoms with Gasteiger partial charge in [0.05, 0.1) is 13.2 Å². The third-order valence-corrected chi connectivity index (χ3v) is 5.39. The van der Waals surface area contributed by atoms with Gasteiger partial charge >= 0.3 is 11.9 Å². The van der Waals surface area contributed by atoms with E-state index in [9.17, 15) is 28.8 Å². The highest BCUT2D eigenvalue weighted by Crippen LogP contribution is 2.09. The summed E-state index contributed by atoms with van der Waals surface area (Å²) in [5.41, 5.74) is 0. The molecule has 0 unspecified atom stereocenters. The molecular formula is C24H32N2O8. The molecule has 0 radical (unpaired) electrons. The minimum Gasteiger partial charge on any atom is -0.466 e. The number of nitrogens with zero attached hydrogens (tertiary/aromatic N) is 2. The third kappa shape index (κ3) is 9.68. The number of unbranched alkanes of at least 4 members (excludes halogenated alkanes) is 5. The molecular weight excluding hydrogens is 444 g/mol. The molecule has 4 amide bonds. The molecule has 0 atom stereocenters. The molecule has 2 heterocycles. The fraction of sp³-hybridized carbons (Fsp3) is 0.583. The maximum atomic E-state index is 11.7. The van der Waals surface area contributed by atoms with E-state index in [4.69, 9.17) is 9.47 Å². The summed E-state index contributed by atoms with van der Waals surface area (Å²) in [5, 5.41) is 0. The lowest BCUT2D eigenvalue weighted by atomic mass is 10.2. The predicted molar refractivity (Wildman–Crippen MR) is 120 cm³/mol. The number of carbonyl (C=O) groups excluding carboxylic acids is 6. The van der Waals surface area contributed by atoms with Crippen LogP contribution in [0.2, 0.25) is 0 Å². The van der Waals surface area contributed by atoms with Crippen molar-refractivity contribution in [2.45, 2.75) is 64.2 Å². The van der Waals surface area contributed by atoms with Crippen molar-refractivity contribution in [3.63, 3.8) is 0 Å². The first-order chi connectivity index (χ1) is 16.4. The van der Waals surface area contributed by atoms with Gasteiger partial charge in [-0.1, -0.05) is 12.8 Å². The monoisotopic (exact) mass is 476 g/mol. The molecule has 0 aromatic heterocycles. The van der Waals surface area contributed by atoms with Crippen LogP contribution >= 0.6 is 0 Å². The van der Waals surface area contributed by atoms with E-state index in [1.54, 1.807) is 0 Å². The molecule has 0 aliphatic carbocycles. The number of amides is 4. The van der Waals surface area contributed by atoms with Gasteiger partial charge in [-0.15, -0.1) is 0 Å². The first-order valence-electron chi connectivity index (χ1n) is 11.8. The minimum absolute atomic E-state index is 0.266. The Morgan fingerprint density at radius 3 is 1.24 bits per heavy atom. The van der Waals surface area contributed by atoms with E-state index in [0.29, 0.717) is 64.5 Å². The molecule has 34 heavy (non-hydrogen) atoms. The van der Waals surface area contributed by atoms with Crippen LogP contribution < -0.4 is 0 Å². The van der Waals surface area contributed by atoms with Gasteiger partial charge in [0, 0.05) is 50.2 Å². The van der Waals surface area contributed by atoms with Crippen molar-refractivity contribution in [3.8, 4) is 0 Å². The Morgan fingerprint density at radius 2 is 0.882 bits per heavy atom. The smallest absolute Gasteiger partial charge is 0.305 e. The molecule has 0 fully saturated rings. The Labute approximate surface area is 198 Å². The fourth-order valence-electron chi connectivity index (χ4n) is 3.46. The minimum atomic E-state index is -0.293. The fourth-order valence-corrected chi connectivity index (χ4v) is 3.46. The maximum Gasteiger partial charge on any atom is 0.305 e. The average molecular weight is 477 g/mol. The van der Waals surface area contributed by atoms with E-state index in [-0.39, 0.29) is 61.6 Å². The zero-order chi connectivity index (χ0) is 24.8. The van der Waals surface area contributed by atoms with Crippen LogP contribution in [0, 0.1) is 0 Å². The van der Waals surface area contributed by atoms with Crippen LogP contribution in [-0.2, 0) is 38.2 Å². The van der Waals surface area contributed by atoms with Crippen LogP contribution in [0.5, 0.6) is 0 Å². The molecule has 2 aliphatic heterocycles. The van der Waals surface area contributed by atoms with E-state index < -0.39 is 0 Å². The summed E-state index contributed by atoms with van der Waals surface area (Å²) in [4.78, 5) is 71.5. The predicted octanol–water partition coefficient (Wildman–Crippen LogP) is 1.82. The van der Waals surface area contributed by atoms with Gasteiger partial charge in [-0.05, 0) is 38.5 Å². The first kappa shape index (κ1) is 26.9. The quantitative estimate of drug-likeness (QED) is 0.177. The van der Waals surface area contributed by atoms with Crippen LogP contribution in [-0.4, -0.2) is 71.7 Å². The summed E-state index contributed by atoms with van der Waals surface area (Å²) < 4.78 is 10.3. The van der Waals surface area contributed by atoms with Gasteiger partial charge in [0.15, 0.2) is 0 Å². The Kier molecular flexibility index (Phi) is 11.7. The van der Waals surface area contributed by atoms with E-state index in [0.717, 1.165) is 0 Å². The van der Waals surface area contributed by atoms with Gasteiger partial charge in [0.1, 0.15) is 0 Å². The molecule has 2 aliphatic rings. The summed E-state index contributed by atoms with van der Waals surface area (Å²) in [5.74, 6) is -1.76. The van der Waals surface area contributed by atoms with Crippen LogP contribution in [0.3, 0.4) is 0 Å². The molecule has 186 valence electrons. The highest BCUT2D eigenvalue weighted by Gasteiger charge is 2.23. The van der Waals surface area contributed by atoms with Gasteiger partial charge in [0.25, 0.3) is 23.6 Å². The highest BCUT2D eigenvalue weighted by atomic mass is 16.5. The Hall–Kier alpha value is -3.30. The number of imide groups is 2. The second kappa shape index (κ2) is 14.8. The van der Waals surface area contributed by atoms with Gasteiger partial charge in [-0.3, -0.25) is 38.6 Å². The third-order valence-electron chi connectivity index (χ3n) is 5.39. The van der Waals surface area contributed by atoms with Crippen molar-refractivity contribution >= 4 is 35.6 Å². The molecule has 0 saturated heterocycles. The second-order valence-corrected chi connectivity index (χ2v) is 8.09. The molecule has 0 aromatic rings. The van der Waals surface area contributed by atoms with Crippen molar-refractivity contribution in [2.24, 2.45) is 0 Å². The molecule has 10 nitrogen and oxygen atoms in total. The van der Waals surface area contributed by atoms with Gasteiger partial charge in [-0.25, -0.2) is 0 Å². The van der Waals surface area contributed by atoms with Gasteiger partial charge in [0.2, 0.25) is 0 Å². The van der Waals surface area contributed by atoms with Crippen molar-refractivity contribution in [3.05, 3.63) is 24.3 Å². The molecule has 0 N–H and O–H groups in total. The summed E-state index contributed by atoms with van der Waals surface area (Å²) in [6.45, 7) is 1.25. The lowest BCUT2D eigenvalue weighted by Crippen LogP contribution is -2.30. The van der Waals surface area contributed by atoms with E-state index in [2.05, 4.69) is 0 Å². The van der Waals surface area contributed by atoms with E-state index >= 15 is 0 Å². The Morgan fingerprint density at radius 1 is 0.529 bits per heavy atom. The SMILES string of the molecule is O=C(CCCCCN1C(=O)C=CC1=O)OCCCCOC(=O)CCCCCN1C(=O)C=CC1=O. The summed E-state index contributed by atoms with van der Waals surface area (Å²) >= 11 is 0. The molecule has 10 heteroatoms. The van der Waals surface area contributed by atoms with E-state index in [1.807, 2.05) is 0 Å². The lowest BCUT2D eigenvalue weighted by Gasteiger charge is -2.13. The van der Waals surface area contributed by atoms with Crippen molar-refractivity contribution in [2.75, 3.05) is 26.3 Å². The average Bonchev–Trinajstić information content (AvgIpc) is 3.30. The second-order valence-electron chi connectivity index (χ2n) is 8.09. The normalized spacial score (nSPS) is 15.1. The number of esters is 2. The van der Waals surface area contributed by atoms with Gasteiger partial charge in [-0.2, -0.15) is 0 Å². The van der Waals surface area contributed by atoms with Crippen molar-refractivity contribution in [1.82, 2.24) is 9.80 Å². The molecule has 0 aromatic carbocycles. The zero-order valence-corrected chi connectivity index (χ0v) is 19.4. The molecule has 0 bridgehead atoms. The van der Waals surface area contributed by atoms with Crippen LogP contribution in [0.25, 0.3) is 0 Å². The first-order valence-corrected chi connectivity index (χ1v) is 11.8. The van der Waals surface area contributed by atoms with E-state index in [1.165, 1.54) is 34.1 Å². The van der Waals surface area contributed by atoms with Crippen molar-refractivity contribution in [1.29, 1.82) is 0 Å². The van der Waals surface area contributed by atoms with Gasteiger partial charge < -0.3 is 9.47 Å². The number of ether oxygens (including phenoxy) is 2. The number of hydrogen-bond acceptors (Lipinski definition) is 8. The van der Waals surface area contributed by atoms with Crippen molar-refractivity contribution < 1.29 is 38.2 Å². The van der Waals surface area contributed by atoms with Crippen LogP contribution in [0.4, 0.5) is 0 Å². The summed E-state index contributed by atoms with van der Waals surface area (Å²) in [7, 11) is 0. The molecule has 2 rings (SSSR count). The number of rotatable bonds is 17.